The van der Waals surface area contributed by atoms with E-state index >= 15 is 0 Å². The van der Waals surface area contributed by atoms with E-state index < -0.39 is 5.95 Å². The highest BCUT2D eigenvalue weighted by molar-refractivity contribution is 5.94. The fourth-order valence-corrected chi connectivity index (χ4v) is 3.31. The Bertz CT molecular complexity index is 1240. The van der Waals surface area contributed by atoms with Crippen LogP contribution in [-0.4, -0.2) is 20.9 Å². The molecule has 0 aliphatic rings. The van der Waals surface area contributed by atoms with E-state index in [1.165, 1.54) is 11.6 Å². The van der Waals surface area contributed by atoms with Crippen LogP contribution in [0, 0.1) is 12.9 Å². The lowest BCUT2D eigenvalue weighted by Gasteiger charge is -2.09. The summed E-state index contributed by atoms with van der Waals surface area (Å²) in [5.74, 6) is -0.688. The third kappa shape index (κ3) is 4.17. The van der Waals surface area contributed by atoms with Crippen molar-refractivity contribution in [3.05, 3.63) is 89.1 Å². The number of amides is 1. The van der Waals surface area contributed by atoms with E-state index in [0.717, 1.165) is 17.4 Å². The summed E-state index contributed by atoms with van der Waals surface area (Å²) in [6.07, 6.45) is 2.60. The molecule has 0 aliphatic carbocycles. The second kappa shape index (κ2) is 8.37. The smallest absolute Gasteiger partial charge is 0.251 e. The molecule has 3 aromatic heterocycles. The van der Waals surface area contributed by atoms with Crippen molar-refractivity contribution in [3.63, 3.8) is 0 Å². The van der Waals surface area contributed by atoms with Crippen molar-refractivity contribution in [3.8, 4) is 11.4 Å². The third-order valence-electron chi connectivity index (χ3n) is 5.03. The normalized spacial score (nSPS) is 10.9. The predicted molar refractivity (Wildman–Crippen MR) is 114 cm³/mol. The standard InChI is InChI=1S/C24H21FN4O/c1-3-16-11-17(8-7-15(16)2)24(30)27-14-19-12-22-18(13-26-19)9-10-21(28-22)20-5-4-6-23(25)29-20/h4-13H,3,14H2,1-2H3,(H,27,30). The molecule has 3 heterocycles. The molecular formula is C24H21FN4O. The molecule has 1 N–H and O–H groups in total. The second-order valence-corrected chi connectivity index (χ2v) is 7.09. The first kappa shape index (κ1) is 19.6. The molecule has 4 rings (SSSR count). The maximum Gasteiger partial charge on any atom is 0.251 e. The molecule has 0 radical (unpaired) electrons. The van der Waals surface area contributed by atoms with Gasteiger partial charge in [-0.2, -0.15) is 4.39 Å². The van der Waals surface area contributed by atoms with Gasteiger partial charge in [-0.05, 0) is 66.9 Å². The average Bonchev–Trinajstić information content (AvgIpc) is 2.77. The summed E-state index contributed by atoms with van der Waals surface area (Å²) < 4.78 is 13.4. The number of halogens is 1. The number of fused-ring (bicyclic) bond motifs is 1. The van der Waals surface area contributed by atoms with Crippen LogP contribution >= 0.6 is 0 Å². The highest BCUT2D eigenvalue weighted by Crippen LogP contribution is 2.20. The molecule has 0 saturated heterocycles. The first-order chi connectivity index (χ1) is 14.5. The van der Waals surface area contributed by atoms with Gasteiger partial charge in [-0.15, -0.1) is 0 Å². The summed E-state index contributed by atoms with van der Waals surface area (Å²) in [5.41, 5.74) is 5.42. The molecule has 150 valence electrons. The SMILES string of the molecule is CCc1cc(C(=O)NCc2cc3nc(-c4cccc(F)n4)ccc3cn2)ccc1C. The van der Waals surface area contributed by atoms with Crippen LogP contribution in [0.4, 0.5) is 4.39 Å². The molecule has 1 aromatic carbocycles. The average molecular weight is 400 g/mol. The number of carbonyl (C=O) groups excluding carboxylic acids is 1. The minimum Gasteiger partial charge on any atom is -0.346 e. The Morgan fingerprint density at radius 3 is 2.67 bits per heavy atom. The number of benzene rings is 1. The van der Waals surface area contributed by atoms with E-state index in [2.05, 4.69) is 27.2 Å². The summed E-state index contributed by atoms with van der Waals surface area (Å²) in [6, 6.07) is 15.8. The van der Waals surface area contributed by atoms with E-state index in [-0.39, 0.29) is 12.5 Å². The summed E-state index contributed by atoms with van der Waals surface area (Å²) in [5, 5.41) is 3.77. The first-order valence-corrected chi connectivity index (χ1v) is 9.80. The minimum absolute atomic E-state index is 0.141. The number of nitrogens with one attached hydrogen (secondary N) is 1. The fourth-order valence-electron chi connectivity index (χ4n) is 3.31. The van der Waals surface area contributed by atoms with Crippen LogP contribution in [0.15, 0.2) is 60.8 Å². The monoisotopic (exact) mass is 400 g/mol. The van der Waals surface area contributed by atoms with Gasteiger partial charge in [0, 0.05) is 17.1 Å². The zero-order chi connectivity index (χ0) is 21.1. The van der Waals surface area contributed by atoms with Crippen molar-refractivity contribution in [2.75, 3.05) is 0 Å². The first-order valence-electron chi connectivity index (χ1n) is 9.80. The van der Waals surface area contributed by atoms with Crippen LogP contribution in [0.5, 0.6) is 0 Å². The molecule has 4 aromatic rings. The molecule has 5 nitrogen and oxygen atoms in total. The largest absolute Gasteiger partial charge is 0.346 e. The summed E-state index contributed by atoms with van der Waals surface area (Å²) in [6.45, 7) is 4.40. The van der Waals surface area contributed by atoms with E-state index in [4.69, 9.17) is 0 Å². The minimum atomic E-state index is -0.546. The lowest BCUT2D eigenvalue weighted by molar-refractivity contribution is 0.0950. The van der Waals surface area contributed by atoms with Crippen LogP contribution in [0.25, 0.3) is 22.3 Å². The number of pyridine rings is 3. The fraction of sp³-hybridized carbons (Fsp3) is 0.167. The topological polar surface area (TPSA) is 67.8 Å². The van der Waals surface area contributed by atoms with Crippen LogP contribution in [0.1, 0.15) is 34.1 Å². The maximum absolute atomic E-state index is 13.4. The van der Waals surface area contributed by atoms with Gasteiger partial charge in [0.25, 0.3) is 5.91 Å². The van der Waals surface area contributed by atoms with Gasteiger partial charge in [0.15, 0.2) is 0 Å². The predicted octanol–water partition coefficient (Wildman–Crippen LogP) is 4.63. The van der Waals surface area contributed by atoms with Crippen molar-refractivity contribution in [2.45, 2.75) is 26.8 Å². The number of nitrogens with zero attached hydrogens (tertiary/aromatic N) is 3. The van der Waals surface area contributed by atoms with Crippen LogP contribution < -0.4 is 5.32 Å². The highest BCUT2D eigenvalue weighted by Gasteiger charge is 2.09. The Hall–Kier alpha value is -3.67. The molecule has 0 aliphatic heterocycles. The number of hydrogen-bond acceptors (Lipinski definition) is 4. The van der Waals surface area contributed by atoms with Gasteiger partial charge >= 0.3 is 0 Å². The van der Waals surface area contributed by atoms with Gasteiger partial charge in [-0.25, -0.2) is 9.97 Å². The van der Waals surface area contributed by atoms with Crippen molar-refractivity contribution in [1.82, 2.24) is 20.3 Å². The Labute approximate surface area is 174 Å². The molecular weight excluding hydrogens is 379 g/mol. The van der Waals surface area contributed by atoms with Gasteiger partial charge < -0.3 is 5.32 Å². The third-order valence-corrected chi connectivity index (χ3v) is 5.03. The lowest BCUT2D eigenvalue weighted by atomic mass is 10.0. The van der Waals surface area contributed by atoms with Gasteiger partial charge in [0.1, 0.15) is 0 Å². The number of hydrogen-bond donors (Lipinski definition) is 1. The van der Waals surface area contributed by atoms with Crippen molar-refractivity contribution in [1.29, 1.82) is 0 Å². The summed E-state index contributed by atoms with van der Waals surface area (Å²) in [7, 11) is 0. The van der Waals surface area contributed by atoms with Gasteiger partial charge in [0.05, 0.1) is 29.1 Å². The van der Waals surface area contributed by atoms with Gasteiger partial charge in [0.2, 0.25) is 5.95 Å². The second-order valence-electron chi connectivity index (χ2n) is 7.09. The lowest BCUT2D eigenvalue weighted by Crippen LogP contribution is -2.23. The van der Waals surface area contributed by atoms with E-state index in [1.54, 1.807) is 24.4 Å². The summed E-state index contributed by atoms with van der Waals surface area (Å²) in [4.78, 5) is 25.4. The molecule has 0 bridgehead atoms. The van der Waals surface area contributed by atoms with Crippen molar-refractivity contribution in [2.24, 2.45) is 0 Å². The quantitative estimate of drug-likeness (QED) is 0.496. The number of aromatic nitrogens is 3. The molecule has 0 spiro atoms. The molecule has 0 atom stereocenters. The van der Waals surface area contributed by atoms with Crippen molar-refractivity contribution >= 4 is 16.8 Å². The summed E-state index contributed by atoms with van der Waals surface area (Å²) >= 11 is 0. The van der Waals surface area contributed by atoms with Crippen LogP contribution in [-0.2, 0) is 13.0 Å². The Morgan fingerprint density at radius 1 is 1.03 bits per heavy atom. The molecule has 1 amide bonds. The van der Waals surface area contributed by atoms with Gasteiger partial charge in [-0.1, -0.05) is 19.1 Å². The van der Waals surface area contributed by atoms with Crippen LogP contribution in [0.3, 0.4) is 0 Å². The van der Waals surface area contributed by atoms with Crippen LogP contribution in [0.2, 0.25) is 0 Å². The molecule has 6 heteroatoms. The number of rotatable bonds is 5. The highest BCUT2D eigenvalue weighted by atomic mass is 19.1. The Balaban J connectivity index is 1.54. The van der Waals surface area contributed by atoms with Gasteiger partial charge in [-0.3, -0.25) is 9.78 Å². The van der Waals surface area contributed by atoms with E-state index in [1.807, 2.05) is 37.3 Å². The molecule has 0 unspecified atom stereocenters. The van der Waals surface area contributed by atoms with Crippen molar-refractivity contribution < 1.29 is 9.18 Å². The Kier molecular flexibility index (Phi) is 5.48. The zero-order valence-corrected chi connectivity index (χ0v) is 16.8. The molecule has 30 heavy (non-hydrogen) atoms. The molecule has 0 saturated carbocycles. The number of carbonyl (C=O) groups is 1. The molecule has 0 fully saturated rings. The maximum atomic E-state index is 13.4. The van der Waals surface area contributed by atoms with E-state index in [0.29, 0.717) is 28.2 Å². The zero-order valence-electron chi connectivity index (χ0n) is 16.8. The number of aryl methyl sites for hydroxylation is 2. The van der Waals surface area contributed by atoms with E-state index in [9.17, 15) is 9.18 Å². The Morgan fingerprint density at radius 2 is 1.87 bits per heavy atom.